The lowest BCUT2D eigenvalue weighted by Crippen LogP contribution is -2.25. The van der Waals surface area contributed by atoms with Crippen LogP contribution < -0.4 is 11.0 Å². The van der Waals surface area contributed by atoms with Gasteiger partial charge in [-0.05, 0) is 50.3 Å². The SMILES string of the molecule is CNc1ccc(-c2nc(=O)n(CCC3CCCO3)c3c2oc2ncc(C4=C[N+](CC5CC5)=C4)cc23)cn1. The quantitative estimate of drug-likeness (QED) is 0.367. The Morgan fingerprint density at radius 2 is 2.03 bits per heavy atom. The van der Waals surface area contributed by atoms with E-state index >= 15 is 0 Å². The van der Waals surface area contributed by atoms with Gasteiger partial charge in [-0.25, -0.2) is 19.3 Å². The second-order valence-electron chi connectivity index (χ2n) is 10.2. The first-order valence-electron chi connectivity index (χ1n) is 13.1. The van der Waals surface area contributed by atoms with Crippen molar-refractivity contribution in [1.29, 1.82) is 0 Å². The van der Waals surface area contributed by atoms with Crippen LogP contribution in [0.15, 0.2) is 46.0 Å². The molecule has 9 nitrogen and oxygen atoms in total. The van der Waals surface area contributed by atoms with Crippen LogP contribution in [0.3, 0.4) is 0 Å². The highest BCUT2D eigenvalue weighted by atomic mass is 16.5. The molecule has 1 saturated carbocycles. The number of hydrogen-bond donors (Lipinski definition) is 1. The fourth-order valence-corrected chi connectivity index (χ4v) is 5.29. The molecule has 2 aliphatic heterocycles. The lowest BCUT2D eigenvalue weighted by atomic mass is 10.1. The van der Waals surface area contributed by atoms with E-state index in [4.69, 9.17) is 9.15 Å². The Hall–Kier alpha value is -3.85. The van der Waals surface area contributed by atoms with Crippen LogP contribution in [0.25, 0.3) is 39.0 Å². The highest BCUT2D eigenvalue weighted by Crippen LogP contribution is 2.35. The maximum Gasteiger partial charge on any atom is 0.348 e. The molecule has 6 heterocycles. The molecule has 1 unspecified atom stereocenters. The summed E-state index contributed by atoms with van der Waals surface area (Å²) in [6.07, 6.45) is 13.6. The number of allylic oxidation sites excluding steroid dienone is 1. The van der Waals surface area contributed by atoms with Crippen molar-refractivity contribution < 1.29 is 13.7 Å². The number of nitrogens with one attached hydrogen (secondary N) is 1. The smallest absolute Gasteiger partial charge is 0.348 e. The average molecular weight is 498 g/mol. The Kier molecular flexibility index (Phi) is 5.39. The van der Waals surface area contributed by atoms with E-state index in [9.17, 15) is 4.79 Å². The normalized spacial score (nSPS) is 19.2. The zero-order chi connectivity index (χ0) is 24.9. The summed E-state index contributed by atoms with van der Waals surface area (Å²) in [5, 5.41) is 3.83. The second-order valence-corrected chi connectivity index (χ2v) is 10.2. The number of anilines is 1. The summed E-state index contributed by atoms with van der Waals surface area (Å²) in [5.74, 6) is 1.56. The standard InChI is InChI=1S/C28H28N6O3/c1-29-23-7-6-18(12-30-23)24-26-25(34(28(35)32-24)9-8-21-3-2-10-36-21)22-11-19(13-31-27(22)37-26)20-15-33(16-20)14-17-4-5-17/h6-7,11-13,15-17,21H,2-5,8-10,14H2,1H3/p+1. The molecule has 7 rings (SSSR count). The number of aromatic nitrogens is 4. The highest BCUT2D eigenvalue weighted by molar-refractivity contribution is 6.12. The van der Waals surface area contributed by atoms with Gasteiger partial charge in [0.2, 0.25) is 5.71 Å². The molecule has 9 heteroatoms. The van der Waals surface area contributed by atoms with Crippen LogP contribution in [0.4, 0.5) is 5.82 Å². The molecule has 2 fully saturated rings. The molecule has 0 aromatic carbocycles. The number of rotatable bonds is 8. The van der Waals surface area contributed by atoms with Crippen molar-refractivity contribution in [2.45, 2.75) is 44.8 Å². The Labute approximate surface area is 213 Å². The van der Waals surface area contributed by atoms with E-state index in [2.05, 4.69) is 43.3 Å². The van der Waals surface area contributed by atoms with Crippen molar-refractivity contribution in [3.63, 3.8) is 0 Å². The maximum atomic E-state index is 13.4. The first kappa shape index (κ1) is 22.4. The van der Waals surface area contributed by atoms with Crippen LogP contribution in [0.1, 0.15) is 37.7 Å². The van der Waals surface area contributed by atoms with Crippen molar-refractivity contribution in [2.24, 2.45) is 5.92 Å². The lowest BCUT2D eigenvalue weighted by Gasteiger charge is -2.13. The highest BCUT2D eigenvalue weighted by Gasteiger charge is 2.30. The zero-order valence-electron chi connectivity index (χ0n) is 20.8. The first-order valence-corrected chi connectivity index (χ1v) is 13.1. The van der Waals surface area contributed by atoms with Gasteiger partial charge in [-0.3, -0.25) is 4.57 Å². The topological polar surface area (TPSA) is 98.1 Å². The van der Waals surface area contributed by atoms with Crippen molar-refractivity contribution in [3.8, 4) is 11.3 Å². The Morgan fingerprint density at radius 3 is 2.76 bits per heavy atom. The van der Waals surface area contributed by atoms with Crippen molar-refractivity contribution in [2.75, 3.05) is 25.5 Å². The van der Waals surface area contributed by atoms with E-state index in [0.717, 1.165) is 71.8 Å². The molecule has 4 aromatic rings. The summed E-state index contributed by atoms with van der Waals surface area (Å²) < 4.78 is 16.1. The summed E-state index contributed by atoms with van der Waals surface area (Å²) in [4.78, 5) is 26.9. The van der Waals surface area contributed by atoms with E-state index in [1.54, 1.807) is 10.8 Å². The number of furan rings is 1. The van der Waals surface area contributed by atoms with Crippen LogP contribution in [0.5, 0.6) is 0 Å². The molecule has 0 amide bonds. The van der Waals surface area contributed by atoms with Gasteiger partial charge in [0.05, 0.1) is 11.5 Å². The molecular formula is C28H29N6O3+. The summed E-state index contributed by atoms with van der Waals surface area (Å²) in [6.45, 7) is 2.38. The van der Waals surface area contributed by atoms with Crippen molar-refractivity contribution in [3.05, 3.63) is 52.8 Å². The minimum Gasteiger partial charge on any atom is -0.434 e. The lowest BCUT2D eigenvalue weighted by molar-refractivity contribution is -0.462. The minimum absolute atomic E-state index is 0.166. The molecule has 1 aliphatic carbocycles. The Morgan fingerprint density at radius 1 is 1.16 bits per heavy atom. The third kappa shape index (κ3) is 4.13. The second kappa shape index (κ2) is 8.92. The molecule has 37 heavy (non-hydrogen) atoms. The fourth-order valence-electron chi connectivity index (χ4n) is 5.29. The molecule has 1 saturated heterocycles. The molecule has 0 bridgehead atoms. The Bertz CT molecular complexity index is 1620. The van der Waals surface area contributed by atoms with Crippen molar-refractivity contribution >= 4 is 39.8 Å². The fraction of sp³-hybridized carbons (Fsp3) is 0.393. The number of aryl methyl sites for hydroxylation is 1. The van der Waals surface area contributed by atoms with E-state index < -0.39 is 0 Å². The van der Waals surface area contributed by atoms with E-state index in [1.165, 1.54) is 12.8 Å². The van der Waals surface area contributed by atoms with Gasteiger partial charge in [0.1, 0.15) is 22.6 Å². The summed E-state index contributed by atoms with van der Waals surface area (Å²) in [6, 6.07) is 5.83. The van der Waals surface area contributed by atoms with Gasteiger partial charge < -0.3 is 14.5 Å². The van der Waals surface area contributed by atoms with Crippen LogP contribution in [0.2, 0.25) is 0 Å². The monoisotopic (exact) mass is 497 g/mol. The molecule has 1 atom stereocenters. The number of hydrogen-bond acceptors (Lipinski definition) is 7. The van der Waals surface area contributed by atoms with Gasteiger partial charge in [0, 0.05) is 49.6 Å². The number of ether oxygens (including phenoxy) is 1. The van der Waals surface area contributed by atoms with E-state index in [0.29, 0.717) is 23.5 Å². The minimum atomic E-state index is -0.309. The van der Waals surface area contributed by atoms with Crippen LogP contribution in [-0.4, -0.2) is 56.6 Å². The van der Waals surface area contributed by atoms with Crippen molar-refractivity contribution in [1.82, 2.24) is 19.5 Å². The van der Waals surface area contributed by atoms with Crippen LogP contribution in [-0.2, 0) is 11.3 Å². The predicted octanol–water partition coefficient (Wildman–Crippen LogP) is 4.06. The van der Waals surface area contributed by atoms with Gasteiger partial charge in [-0.15, -0.1) is 0 Å². The van der Waals surface area contributed by atoms with E-state index in [-0.39, 0.29) is 11.8 Å². The van der Waals surface area contributed by atoms with Gasteiger partial charge in [0.15, 0.2) is 24.5 Å². The maximum absolute atomic E-state index is 13.4. The first-order chi connectivity index (χ1) is 18.2. The van der Waals surface area contributed by atoms with Gasteiger partial charge in [0.25, 0.3) is 0 Å². The molecule has 188 valence electrons. The Balaban J connectivity index is 1.34. The average Bonchev–Trinajstić information content (AvgIpc) is 3.41. The summed E-state index contributed by atoms with van der Waals surface area (Å²) in [5.41, 5.74) is 4.81. The molecule has 3 aliphatic rings. The number of pyridine rings is 2. The predicted molar refractivity (Wildman–Crippen MR) is 142 cm³/mol. The number of nitrogens with zero attached hydrogens (tertiary/aromatic N) is 5. The molecule has 1 N–H and O–H groups in total. The zero-order valence-corrected chi connectivity index (χ0v) is 20.8. The molecule has 4 aromatic heterocycles. The van der Waals surface area contributed by atoms with Gasteiger partial charge in [-0.2, -0.15) is 4.98 Å². The van der Waals surface area contributed by atoms with Crippen LogP contribution >= 0.6 is 0 Å². The van der Waals surface area contributed by atoms with E-state index in [1.807, 2.05) is 25.4 Å². The molecular weight excluding hydrogens is 468 g/mol. The van der Waals surface area contributed by atoms with Gasteiger partial charge in [-0.1, -0.05) is 0 Å². The third-order valence-electron chi connectivity index (χ3n) is 7.54. The third-order valence-corrected chi connectivity index (χ3v) is 7.54. The summed E-state index contributed by atoms with van der Waals surface area (Å²) >= 11 is 0. The number of fused-ring (bicyclic) bond motifs is 3. The molecule has 0 radical (unpaired) electrons. The molecule has 0 spiro atoms. The van der Waals surface area contributed by atoms with Crippen LogP contribution in [0, 0.1) is 5.92 Å². The van der Waals surface area contributed by atoms with Gasteiger partial charge >= 0.3 is 5.69 Å². The summed E-state index contributed by atoms with van der Waals surface area (Å²) in [7, 11) is 1.82. The largest absolute Gasteiger partial charge is 0.434 e.